The fourth-order valence-electron chi connectivity index (χ4n) is 3.19. The summed E-state index contributed by atoms with van der Waals surface area (Å²) < 4.78 is 5.19. The van der Waals surface area contributed by atoms with Crippen molar-refractivity contribution in [2.45, 2.75) is 6.54 Å². The van der Waals surface area contributed by atoms with Crippen molar-refractivity contribution in [1.82, 2.24) is 10.2 Å². The molecule has 1 heterocycles. The van der Waals surface area contributed by atoms with Crippen molar-refractivity contribution in [1.29, 1.82) is 0 Å². The molecule has 5 heteroatoms. The predicted molar refractivity (Wildman–Crippen MR) is 115 cm³/mol. The van der Waals surface area contributed by atoms with Crippen LogP contribution in [0.3, 0.4) is 0 Å². The zero-order valence-corrected chi connectivity index (χ0v) is 16.7. The molecule has 0 aliphatic carbocycles. The summed E-state index contributed by atoms with van der Waals surface area (Å²) in [6.07, 6.45) is 4.49. The summed E-state index contributed by atoms with van der Waals surface area (Å²) in [6, 6.07) is 18.6. The van der Waals surface area contributed by atoms with Gasteiger partial charge in [-0.3, -0.25) is 0 Å². The van der Waals surface area contributed by atoms with Crippen molar-refractivity contribution in [2.75, 3.05) is 39.8 Å². The number of quaternary nitrogens is 1. The molecule has 1 saturated heterocycles. The number of ether oxygens (including phenoxy) is 1. The molecule has 0 aromatic heterocycles. The Morgan fingerprint density at radius 3 is 2.48 bits per heavy atom. The Balaban J connectivity index is 1.37. The van der Waals surface area contributed by atoms with Crippen LogP contribution in [0.1, 0.15) is 11.1 Å². The van der Waals surface area contributed by atoms with E-state index in [-0.39, 0.29) is 0 Å². The number of piperazine rings is 1. The molecule has 3 rings (SSSR count). The van der Waals surface area contributed by atoms with Crippen molar-refractivity contribution in [2.24, 2.45) is 0 Å². The summed E-state index contributed by atoms with van der Waals surface area (Å²) in [5, 5.41) is 4.23. The number of nitrogens with zero attached hydrogens (tertiary/aromatic N) is 1. The molecule has 0 amide bonds. The summed E-state index contributed by atoms with van der Waals surface area (Å²) in [6.45, 7) is 6.05. The zero-order valence-electron chi connectivity index (χ0n) is 15.9. The summed E-state index contributed by atoms with van der Waals surface area (Å²) in [5.41, 5.74) is 2.47. The minimum absolute atomic E-state index is 0.746. The van der Waals surface area contributed by atoms with Gasteiger partial charge in [-0.1, -0.05) is 48.5 Å². The third kappa shape index (κ3) is 6.08. The molecule has 27 heavy (non-hydrogen) atoms. The first-order chi connectivity index (χ1) is 13.2. The van der Waals surface area contributed by atoms with E-state index in [2.05, 4.69) is 58.8 Å². The number of thiocarbonyl (C=S) groups is 1. The normalized spacial score (nSPS) is 15.1. The maximum atomic E-state index is 5.58. The third-order valence-corrected chi connectivity index (χ3v) is 5.28. The van der Waals surface area contributed by atoms with Crippen LogP contribution >= 0.6 is 12.2 Å². The lowest BCUT2D eigenvalue weighted by Crippen LogP contribution is -3.14. The summed E-state index contributed by atoms with van der Waals surface area (Å²) in [4.78, 5) is 3.89. The first kappa shape index (κ1) is 19.4. The fourth-order valence-corrected chi connectivity index (χ4v) is 3.44. The number of hydrogen-bond donors (Lipinski definition) is 2. The molecule has 1 aliphatic heterocycles. The number of rotatable bonds is 6. The lowest BCUT2D eigenvalue weighted by molar-refractivity contribution is -0.897. The van der Waals surface area contributed by atoms with Gasteiger partial charge >= 0.3 is 0 Å². The van der Waals surface area contributed by atoms with E-state index in [4.69, 9.17) is 17.0 Å². The van der Waals surface area contributed by atoms with E-state index in [0.29, 0.717) is 0 Å². The number of benzene rings is 2. The van der Waals surface area contributed by atoms with Crippen LogP contribution in [0.5, 0.6) is 5.75 Å². The van der Waals surface area contributed by atoms with Gasteiger partial charge in [-0.05, 0) is 41.6 Å². The molecular weight excluding hydrogens is 354 g/mol. The molecule has 2 aromatic rings. The highest BCUT2D eigenvalue weighted by Gasteiger charge is 2.20. The molecule has 0 saturated carbocycles. The number of nitrogens with one attached hydrogen (secondary N) is 2. The second kappa shape index (κ2) is 10.1. The van der Waals surface area contributed by atoms with Crippen LogP contribution in [0.15, 0.2) is 60.7 Å². The maximum Gasteiger partial charge on any atom is 0.169 e. The molecule has 1 aliphatic rings. The largest absolute Gasteiger partial charge is 0.497 e. The van der Waals surface area contributed by atoms with Crippen molar-refractivity contribution in [3.63, 3.8) is 0 Å². The lowest BCUT2D eigenvalue weighted by atomic mass is 10.2. The smallest absolute Gasteiger partial charge is 0.169 e. The third-order valence-electron chi connectivity index (χ3n) is 4.88. The molecule has 4 nitrogen and oxygen atoms in total. The Kier molecular flexibility index (Phi) is 7.25. The molecule has 0 spiro atoms. The quantitative estimate of drug-likeness (QED) is 0.748. The van der Waals surface area contributed by atoms with Gasteiger partial charge in [-0.2, -0.15) is 0 Å². The standard InChI is InChI=1S/C22H27N3OS/c1-26-21-11-9-20(10-12-21)18-23-22(27)25-16-14-24(15-17-25)13-5-8-19-6-3-2-4-7-19/h2-12H,13-18H2,1H3,(H,23,27)/p+1/b8-5+. The van der Waals surface area contributed by atoms with E-state index < -0.39 is 0 Å². The molecule has 142 valence electrons. The van der Waals surface area contributed by atoms with Gasteiger partial charge in [0.1, 0.15) is 5.75 Å². The minimum atomic E-state index is 0.746. The van der Waals surface area contributed by atoms with Crippen LogP contribution in [-0.2, 0) is 6.54 Å². The van der Waals surface area contributed by atoms with Gasteiger partial charge in [0, 0.05) is 6.54 Å². The highest BCUT2D eigenvalue weighted by atomic mass is 32.1. The maximum absolute atomic E-state index is 5.58. The van der Waals surface area contributed by atoms with Crippen LogP contribution in [-0.4, -0.2) is 49.8 Å². The fraction of sp³-hybridized carbons (Fsp3) is 0.318. The van der Waals surface area contributed by atoms with Gasteiger partial charge in [-0.25, -0.2) is 0 Å². The molecular formula is C22H28N3OS+. The average molecular weight is 383 g/mol. The van der Waals surface area contributed by atoms with Crippen molar-refractivity contribution in [3.05, 3.63) is 71.8 Å². The Bertz CT molecular complexity index is 738. The van der Waals surface area contributed by atoms with Crippen LogP contribution in [0.25, 0.3) is 6.08 Å². The monoisotopic (exact) mass is 382 g/mol. The van der Waals surface area contributed by atoms with E-state index in [1.807, 2.05) is 18.2 Å². The Morgan fingerprint density at radius 2 is 1.81 bits per heavy atom. The molecule has 0 atom stereocenters. The van der Waals surface area contributed by atoms with Gasteiger partial charge < -0.3 is 19.9 Å². The highest BCUT2D eigenvalue weighted by molar-refractivity contribution is 7.80. The highest BCUT2D eigenvalue weighted by Crippen LogP contribution is 2.11. The second-order valence-corrected chi connectivity index (χ2v) is 7.15. The van der Waals surface area contributed by atoms with Crippen LogP contribution < -0.4 is 15.0 Å². The van der Waals surface area contributed by atoms with Gasteiger partial charge in [0.25, 0.3) is 0 Å². The van der Waals surface area contributed by atoms with Gasteiger partial charge in [0.15, 0.2) is 5.11 Å². The van der Waals surface area contributed by atoms with Crippen molar-refractivity contribution < 1.29 is 9.64 Å². The molecule has 0 unspecified atom stereocenters. The Hall–Kier alpha value is -2.37. The van der Waals surface area contributed by atoms with E-state index in [9.17, 15) is 0 Å². The topological polar surface area (TPSA) is 28.9 Å². The van der Waals surface area contributed by atoms with E-state index >= 15 is 0 Å². The zero-order chi connectivity index (χ0) is 18.9. The lowest BCUT2D eigenvalue weighted by Gasteiger charge is -2.33. The summed E-state index contributed by atoms with van der Waals surface area (Å²) in [5.74, 6) is 0.877. The van der Waals surface area contributed by atoms with E-state index in [1.54, 1.807) is 12.0 Å². The molecule has 1 fully saturated rings. The van der Waals surface area contributed by atoms with E-state index in [1.165, 1.54) is 11.1 Å². The van der Waals surface area contributed by atoms with Crippen LogP contribution in [0.2, 0.25) is 0 Å². The Morgan fingerprint density at radius 1 is 1.11 bits per heavy atom. The van der Waals surface area contributed by atoms with Crippen LogP contribution in [0.4, 0.5) is 0 Å². The SMILES string of the molecule is COc1ccc(CNC(=S)N2CC[NH+](C/C=C/c3ccccc3)CC2)cc1. The molecule has 0 radical (unpaired) electrons. The van der Waals surface area contributed by atoms with Crippen molar-refractivity contribution in [3.8, 4) is 5.75 Å². The summed E-state index contributed by atoms with van der Waals surface area (Å²) in [7, 11) is 1.68. The van der Waals surface area contributed by atoms with Gasteiger partial charge in [-0.15, -0.1) is 0 Å². The van der Waals surface area contributed by atoms with Crippen molar-refractivity contribution >= 4 is 23.4 Å². The molecule has 2 aromatic carbocycles. The first-order valence-corrected chi connectivity index (χ1v) is 9.86. The first-order valence-electron chi connectivity index (χ1n) is 9.45. The molecule has 0 bridgehead atoms. The van der Waals surface area contributed by atoms with Gasteiger partial charge in [0.05, 0.1) is 39.8 Å². The minimum Gasteiger partial charge on any atom is -0.497 e. The van der Waals surface area contributed by atoms with E-state index in [0.717, 1.165) is 50.1 Å². The predicted octanol–water partition coefficient (Wildman–Crippen LogP) is 1.98. The van der Waals surface area contributed by atoms with Gasteiger partial charge in [0.2, 0.25) is 0 Å². The number of hydrogen-bond acceptors (Lipinski definition) is 2. The second-order valence-electron chi connectivity index (χ2n) is 6.76. The van der Waals surface area contributed by atoms with Crippen LogP contribution in [0, 0.1) is 0 Å². The summed E-state index contributed by atoms with van der Waals surface area (Å²) >= 11 is 5.58. The Labute approximate surface area is 167 Å². The number of methoxy groups -OCH3 is 1. The molecule has 2 N–H and O–H groups in total. The average Bonchev–Trinajstić information content (AvgIpc) is 2.73.